The van der Waals surface area contributed by atoms with Crippen LogP contribution in [0.1, 0.15) is 52.0 Å². The van der Waals surface area contributed by atoms with Gasteiger partial charge in [-0.2, -0.15) is 0 Å². The average Bonchev–Trinajstić information content (AvgIpc) is 3.00. The number of Topliss-reactive ketones (excluding diaryl/α,β-unsaturated/α-hetero) is 1. The molecule has 6 heteroatoms. The summed E-state index contributed by atoms with van der Waals surface area (Å²) in [5.74, 6) is 0.533. The van der Waals surface area contributed by atoms with E-state index in [0.29, 0.717) is 0 Å². The Bertz CT molecular complexity index is 711. The molecule has 1 aromatic carbocycles. The van der Waals surface area contributed by atoms with Crippen molar-refractivity contribution in [3.05, 3.63) is 29.8 Å². The number of hydrogen-bond donors (Lipinski definition) is 0. The quantitative estimate of drug-likeness (QED) is 0.526. The topological polar surface area (TPSA) is 64.0 Å². The molecule has 1 fully saturated rings. The highest BCUT2D eigenvalue weighted by Crippen LogP contribution is 2.57. The fourth-order valence-electron chi connectivity index (χ4n) is 2.97. The minimum absolute atomic E-state index is 0.0893. The van der Waals surface area contributed by atoms with E-state index in [0.717, 1.165) is 31.2 Å². The fourth-order valence-corrected chi connectivity index (χ4v) is 7.85. The summed E-state index contributed by atoms with van der Waals surface area (Å²) in [7, 11) is -5.80. The summed E-state index contributed by atoms with van der Waals surface area (Å²) >= 11 is 0. The lowest BCUT2D eigenvalue weighted by Crippen LogP contribution is -2.36. The molecule has 25 heavy (non-hydrogen) atoms. The Kier molecular flexibility index (Phi) is 6.07. The highest BCUT2D eigenvalue weighted by atomic mass is 32.3. The van der Waals surface area contributed by atoms with Crippen molar-refractivity contribution in [2.24, 2.45) is 5.92 Å². The van der Waals surface area contributed by atoms with Gasteiger partial charge in [-0.3, -0.25) is 8.42 Å². The number of ketones is 1. The Labute approximate surface area is 154 Å². The second kappa shape index (κ2) is 7.41. The number of carbonyl (C=O) groups excluding carboxylic acids is 1. The molecule has 0 amide bonds. The second-order valence-electron chi connectivity index (χ2n) is 8.11. The molecule has 1 saturated carbocycles. The third kappa shape index (κ3) is 4.86. The van der Waals surface area contributed by atoms with Gasteiger partial charge in [-0.25, -0.2) is 0 Å². The molecule has 1 unspecified atom stereocenters. The highest BCUT2D eigenvalue weighted by molar-refractivity contribution is 8.33. The maximum absolute atomic E-state index is 12.9. The van der Waals surface area contributed by atoms with Crippen molar-refractivity contribution in [2.45, 2.75) is 63.0 Å². The Hall–Kier alpha value is -0.850. The van der Waals surface area contributed by atoms with Crippen LogP contribution < -0.4 is 0 Å². The molecular formula is C19H31O4S2+. The van der Waals surface area contributed by atoms with Gasteiger partial charge in [0.25, 0.3) is 0 Å². The predicted molar refractivity (Wildman–Crippen MR) is 106 cm³/mol. The lowest BCUT2D eigenvalue weighted by atomic mass is 10.0. The standard InChI is InChI=1S/C19H30O4S2/c1-15-10-12-17(13-11-15)25(21,22)23-24(5,19(2,3)4)14-18(20)16-8-6-7-9-16/h10-13,16H,6-9,14H2,1-5H3/p+1. The van der Waals surface area contributed by atoms with E-state index >= 15 is 0 Å². The van der Waals surface area contributed by atoms with Crippen LogP contribution in [-0.2, 0) is 14.9 Å². The number of rotatable bonds is 6. The van der Waals surface area contributed by atoms with E-state index in [2.05, 4.69) is 3.63 Å². The maximum atomic E-state index is 12.9. The van der Waals surface area contributed by atoms with E-state index in [4.69, 9.17) is 0 Å². The van der Waals surface area contributed by atoms with Crippen molar-refractivity contribution < 1.29 is 16.8 Å². The molecule has 1 aliphatic rings. The third-order valence-corrected chi connectivity index (χ3v) is 11.6. The summed E-state index contributed by atoms with van der Waals surface area (Å²) in [5, 5.41) is 0. The molecule has 0 bridgehead atoms. The van der Waals surface area contributed by atoms with Gasteiger partial charge in [-0.1, -0.05) is 30.5 Å². The van der Waals surface area contributed by atoms with Crippen molar-refractivity contribution in [1.82, 2.24) is 0 Å². The average molecular weight is 388 g/mol. The van der Waals surface area contributed by atoms with E-state index in [9.17, 15) is 13.2 Å². The molecule has 4 nitrogen and oxygen atoms in total. The van der Waals surface area contributed by atoms with Crippen LogP contribution in [-0.4, -0.2) is 34.6 Å². The summed E-state index contributed by atoms with van der Waals surface area (Å²) < 4.78 is 29.7. The molecule has 0 aliphatic heterocycles. The molecular weight excluding hydrogens is 356 g/mol. The number of carbonyl (C=O) groups is 1. The van der Waals surface area contributed by atoms with Crippen LogP contribution in [0.2, 0.25) is 0 Å². The van der Waals surface area contributed by atoms with Gasteiger partial charge in [-0.05, 0) is 63.0 Å². The smallest absolute Gasteiger partial charge is 0.298 e. The summed E-state index contributed by atoms with van der Waals surface area (Å²) in [6.07, 6.45) is 5.94. The van der Waals surface area contributed by atoms with Gasteiger partial charge in [0.2, 0.25) is 0 Å². The van der Waals surface area contributed by atoms with E-state index in [1.165, 1.54) is 0 Å². The molecule has 1 aliphatic carbocycles. The first-order valence-corrected chi connectivity index (χ1v) is 12.4. The third-order valence-electron chi connectivity index (χ3n) is 5.13. The Balaban J connectivity index is 2.27. The Morgan fingerprint density at radius 3 is 2.12 bits per heavy atom. The monoisotopic (exact) mass is 387 g/mol. The number of aryl methyl sites for hydroxylation is 1. The first kappa shape index (κ1) is 20.5. The lowest BCUT2D eigenvalue weighted by molar-refractivity contribution is -0.120. The zero-order chi connectivity index (χ0) is 18.9. The zero-order valence-corrected chi connectivity index (χ0v) is 17.5. The SMILES string of the molecule is Cc1ccc(S(=O)(=O)[OH+]S(C)(CC(=O)C2CCCC2)C(C)(C)C)cc1. The molecule has 2 rings (SSSR count). The van der Waals surface area contributed by atoms with Crippen LogP contribution in [0.15, 0.2) is 29.2 Å². The molecule has 1 N–H and O–H groups in total. The molecule has 0 aromatic heterocycles. The molecule has 1 aromatic rings. The zero-order valence-electron chi connectivity index (χ0n) is 15.9. The van der Waals surface area contributed by atoms with Crippen LogP contribution in [0.4, 0.5) is 0 Å². The first-order valence-electron chi connectivity index (χ1n) is 8.79. The first-order chi connectivity index (χ1) is 11.4. The fraction of sp³-hybridized carbons (Fsp3) is 0.632. The van der Waals surface area contributed by atoms with Crippen molar-refractivity contribution >= 4 is 26.2 Å². The van der Waals surface area contributed by atoms with E-state index in [-0.39, 0.29) is 27.1 Å². The summed E-state index contributed by atoms with van der Waals surface area (Å²) in [5.41, 5.74) is 1.00. The van der Waals surface area contributed by atoms with Gasteiger partial charge < -0.3 is 0 Å². The maximum Gasteiger partial charge on any atom is 0.421 e. The molecule has 0 spiro atoms. The molecule has 0 heterocycles. The molecule has 142 valence electrons. The van der Waals surface area contributed by atoms with Crippen molar-refractivity contribution in [3.8, 4) is 0 Å². The minimum Gasteiger partial charge on any atom is -0.298 e. The van der Waals surface area contributed by atoms with Crippen LogP contribution in [0.3, 0.4) is 0 Å². The van der Waals surface area contributed by atoms with Crippen molar-refractivity contribution in [3.63, 3.8) is 0 Å². The number of benzene rings is 1. The van der Waals surface area contributed by atoms with Crippen LogP contribution in [0.25, 0.3) is 0 Å². The summed E-state index contributed by atoms with van der Waals surface area (Å²) in [6, 6.07) is 6.73. The minimum atomic E-state index is -3.78. The van der Waals surface area contributed by atoms with Crippen LogP contribution >= 0.6 is 10.3 Å². The summed E-state index contributed by atoms with van der Waals surface area (Å²) in [4.78, 5) is 12.9. The predicted octanol–water partition coefficient (Wildman–Crippen LogP) is 4.68. The van der Waals surface area contributed by atoms with Crippen LogP contribution in [0, 0.1) is 12.8 Å². The molecule has 0 radical (unpaired) electrons. The highest BCUT2D eigenvalue weighted by Gasteiger charge is 2.46. The Morgan fingerprint density at radius 1 is 1.12 bits per heavy atom. The molecule has 0 saturated heterocycles. The van der Waals surface area contributed by atoms with Gasteiger partial charge >= 0.3 is 10.1 Å². The lowest BCUT2D eigenvalue weighted by Gasteiger charge is -2.41. The van der Waals surface area contributed by atoms with Gasteiger partial charge in [0.15, 0.2) is 5.78 Å². The largest absolute Gasteiger partial charge is 0.421 e. The van der Waals surface area contributed by atoms with E-state index in [1.807, 2.05) is 34.0 Å². The number of hydrogen-bond acceptors (Lipinski definition) is 3. The van der Waals surface area contributed by atoms with E-state index in [1.54, 1.807) is 24.3 Å². The normalized spacial score (nSPS) is 20.2. The summed E-state index contributed by atoms with van der Waals surface area (Å²) in [6.45, 7) is 7.87. The van der Waals surface area contributed by atoms with E-state index < -0.39 is 20.4 Å². The van der Waals surface area contributed by atoms with Gasteiger partial charge in [0.05, 0.1) is 10.5 Å². The van der Waals surface area contributed by atoms with Crippen LogP contribution in [0.5, 0.6) is 0 Å². The molecule has 1 atom stereocenters. The van der Waals surface area contributed by atoms with Gasteiger partial charge in [0, 0.05) is 12.2 Å². The van der Waals surface area contributed by atoms with Gasteiger partial charge in [-0.15, -0.1) is 8.42 Å². The Morgan fingerprint density at radius 2 is 1.64 bits per heavy atom. The van der Waals surface area contributed by atoms with Crippen molar-refractivity contribution in [2.75, 3.05) is 12.0 Å². The second-order valence-corrected chi connectivity index (χ2v) is 13.7. The van der Waals surface area contributed by atoms with Crippen molar-refractivity contribution in [1.29, 1.82) is 0 Å². The van der Waals surface area contributed by atoms with Gasteiger partial charge in [0.1, 0.15) is 4.90 Å².